The molecule has 20 heavy (non-hydrogen) atoms. The van der Waals surface area contributed by atoms with Crippen molar-refractivity contribution in [1.82, 2.24) is 20.3 Å². The molecule has 1 atom stereocenters. The Bertz CT molecular complexity index is 539. The molecule has 0 aliphatic heterocycles. The van der Waals surface area contributed by atoms with Gasteiger partial charge in [-0.15, -0.1) is 0 Å². The number of aromatic nitrogens is 3. The Morgan fingerprint density at radius 2 is 2.15 bits per heavy atom. The van der Waals surface area contributed by atoms with Gasteiger partial charge in [0.05, 0.1) is 0 Å². The van der Waals surface area contributed by atoms with Gasteiger partial charge < -0.3 is 5.32 Å². The van der Waals surface area contributed by atoms with Gasteiger partial charge in [0.1, 0.15) is 5.82 Å². The number of rotatable bonds is 6. The SMILES string of the molecule is CCCNC(C)c1cnc(Cc2cccnc2)nc1C. The molecule has 0 spiro atoms. The van der Waals surface area contributed by atoms with Gasteiger partial charge in [-0.1, -0.05) is 13.0 Å². The summed E-state index contributed by atoms with van der Waals surface area (Å²) in [6, 6.07) is 4.28. The molecule has 0 aromatic carbocycles. The van der Waals surface area contributed by atoms with Crippen molar-refractivity contribution in [3.05, 3.63) is 53.4 Å². The zero-order chi connectivity index (χ0) is 14.4. The van der Waals surface area contributed by atoms with Gasteiger partial charge in [0.2, 0.25) is 0 Å². The largest absolute Gasteiger partial charge is 0.310 e. The van der Waals surface area contributed by atoms with E-state index in [1.807, 2.05) is 31.5 Å². The third kappa shape index (κ3) is 3.84. The molecular weight excluding hydrogens is 248 g/mol. The highest BCUT2D eigenvalue weighted by Crippen LogP contribution is 2.15. The zero-order valence-electron chi connectivity index (χ0n) is 12.4. The Labute approximate surface area is 120 Å². The van der Waals surface area contributed by atoms with Crippen LogP contribution in [-0.4, -0.2) is 21.5 Å². The highest BCUT2D eigenvalue weighted by molar-refractivity contribution is 5.22. The van der Waals surface area contributed by atoms with Crippen LogP contribution in [0.15, 0.2) is 30.7 Å². The first-order valence-electron chi connectivity index (χ1n) is 7.15. The number of nitrogens with zero attached hydrogens (tertiary/aromatic N) is 3. The van der Waals surface area contributed by atoms with Crippen molar-refractivity contribution in [2.24, 2.45) is 0 Å². The predicted octanol–water partition coefficient (Wildman–Crippen LogP) is 2.83. The maximum Gasteiger partial charge on any atom is 0.132 e. The van der Waals surface area contributed by atoms with Gasteiger partial charge in [-0.25, -0.2) is 9.97 Å². The third-order valence-corrected chi connectivity index (χ3v) is 3.32. The average Bonchev–Trinajstić information content (AvgIpc) is 2.46. The van der Waals surface area contributed by atoms with Crippen LogP contribution in [0.4, 0.5) is 0 Å². The first kappa shape index (κ1) is 14.6. The van der Waals surface area contributed by atoms with Gasteiger partial charge in [0.25, 0.3) is 0 Å². The van der Waals surface area contributed by atoms with E-state index in [4.69, 9.17) is 0 Å². The Morgan fingerprint density at radius 3 is 2.80 bits per heavy atom. The highest BCUT2D eigenvalue weighted by Gasteiger charge is 2.10. The van der Waals surface area contributed by atoms with Gasteiger partial charge in [0, 0.05) is 42.3 Å². The summed E-state index contributed by atoms with van der Waals surface area (Å²) in [5, 5.41) is 3.47. The molecule has 0 aliphatic carbocycles. The quantitative estimate of drug-likeness (QED) is 0.877. The molecule has 0 bridgehead atoms. The predicted molar refractivity (Wildman–Crippen MR) is 80.5 cm³/mol. The lowest BCUT2D eigenvalue weighted by Gasteiger charge is -2.15. The van der Waals surface area contributed by atoms with E-state index in [9.17, 15) is 0 Å². The maximum atomic E-state index is 4.62. The summed E-state index contributed by atoms with van der Waals surface area (Å²) < 4.78 is 0. The molecule has 2 rings (SSSR count). The molecule has 2 aromatic rings. The van der Waals surface area contributed by atoms with Crippen LogP contribution in [0, 0.1) is 6.92 Å². The minimum atomic E-state index is 0.294. The summed E-state index contributed by atoms with van der Waals surface area (Å²) in [5.41, 5.74) is 3.36. The average molecular weight is 270 g/mol. The molecule has 2 heterocycles. The van der Waals surface area contributed by atoms with E-state index in [1.165, 1.54) is 5.56 Å². The van der Waals surface area contributed by atoms with Crippen LogP contribution in [0.3, 0.4) is 0 Å². The van der Waals surface area contributed by atoms with Crippen molar-refractivity contribution < 1.29 is 0 Å². The van der Waals surface area contributed by atoms with Crippen LogP contribution >= 0.6 is 0 Å². The lowest BCUT2D eigenvalue weighted by Crippen LogP contribution is -2.21. The second kappa shape index (κ2) is 7.10. The fraction of sp³-hybridized carbons (Fsp3) is 0.438. The molecule has 2 aromatic heterocycles. The molecule has 4 heteroatoms. The van der Waals surface area contributed by atoms with Crippen molar-refractivity contribution in [1.29, 1.82) is 0 Å². The van der Waals surface area contributed by atoms with Gasteiger partial charge in [-0.05, 0) is 38.4 Å². The third-order valence-electron chi connectivity index (χ3n) is 3.32. The smallest absolute Gasteiger partial charge is 0.132 e. The van der Waals surface area contributed by atoms with Crippen molar-refractivity contribution in [2.45, 2.75) is 39.7 Å². The molecule has 0 amide bonds. The fourth-order valence-electron chi connectivity index (χ4n) is 2.19. The molecular formula is C16H22N4. The number of pyridine rings is 1. The first-order chi connectivity index (χ1) is 9.70. The van der Waals surface area contributed by atoms with E-state index in [1.54, 1.807) is 6.20 Å². The molecule has 0 aliphatic rings. The molecule has 0 radical (unpaired) electrons. The lowest BCUT2D eigenvalue weighted by molar-refractivity contribution is 0.563. The molecule has 106 valence electrons. The van der Waals surface area contributed by atoms with Crippen LogP contribution in [-0.2, 0) is 6.42 Å². The van der Waals surface area contributed by atoms with Crippen LogP contribution < -0.4 is 5.32 Å². The van der Waals surface area contributed by atoms with E-state index in [-0.39, 0.29) is 0 Å². The fourth-order valence-corrected chi connectivity index (χ4v) is 2.19. The summed E-state index contributed by atoms with van der Waals surface area (Å²) in [4.78, 5) is 13.2. The minimum absolute atomic E-state index is 0.294. The minimum Gasteiger partial charge on any atom is -0.310 e. The van der Waals surface area contributed by atoms with E-state index in [0.717, 1.165) is 36.5 Å². The Balaban J connectivity index is 2.09. The molecule has 0 saturated heterocycles. The molecule has 4 nitrogen and oxygen atoms in total. The zero-order valence-corrected chi connectivity index (χ0v) is 12.4. The van der Waals surface area contributed by atoms with Gasteiger partial charge in [-0.3, -0.25) is 4.98 Å². The number of aryl methyl sites for hydroxylation is 1. The normalized spacial score (nSPS) is 12.3. The van der Waals surface area contributed by atoms with Crippen LogP contribution in [0.5, 0.6) is 0 Å². The second-order valence-corrected chi connectivity index (χ2v) is 5.04. The number of hydrogen-bond donors (Lipinski definition) is 1. The Hall–Kier alpha value is -1.81. The van der Waals surface area contributed by atoms with Crippen molar-refractivity contribution in [2.75, 3.05) is 6.54 Å². The standard InChI is InChI=1S/C16H22N4/c1-4-7-18-12(2)15-11-19-16(20-13(15)3)9-14-6-5-8-17-10-14/h5-6,8,10-12,18H,4,7,9H2,1-3H3. The van der Waals surface area contributed by atoms with E-state index in [0.29, 0.717) is 6.04 Å². The summed E-state index contributed by atoms with van der Waals surface area (Å²) >= 11 is 0. The van der Waals surface area contributed by atoms with E-state index >= 15 is 0 Å². The van der Waals surface area contributed by atoms with Crippen LogP contribution in [0.25, 0.3) is 0 Å². The van der Waals surface area contributed by atoms with Gasteiger partial charge in [0.15, 0.2) is 0 Å². The Morgan fingerprint density at radius 1 is 1.30 bits per heavy atom. The van der Waals surface area contributed by atoms with Crippen molar-refractivity contribution in [3.8, 4) is 0 Å². The van der Waals surface area contributed by atoms with E-state index in [2.05, 4.69) is 34.1 Å². The summed E-state index contributed by atoms with van der Waals surface area (Å²) in [7, 11) is 0. The van der Waals surface area contributed by atoms with Gasteiger partial charge >= 0.3 is 0 Å². The number of hydrogen-bond acceptors (Lipinski definition) is 4. The summed E-state index contributed by atoms with van der Waals surface area (Å²) in [5.74, 6) is 0.849. The second-order valence-electron chi connectivity index (χ2n) is 5.04. The number of nitrogens with one attached hydrogen (secondary N) is 1. The Kier molecular flexibility index (Phi) is 5.18. The molecule has 1 N–H and O–H groups in total. The highest BCUT2D eigenvalue weighted by atomic mass is 14.9. The van der Waals surface area contributed by atoms with Crippen LogP contribution in [0.2, 0.25) is 0 Å². The topological polar surface area (TPSA) is 50.7 Å². The molecule has 0 saturated carbocycles. The molecule has 1 unspecified atom stereocenters. The summed E-state index contributed by atoms with van der Waals surface area (Å²) in [6.07, 6.45) is 7.44. The summed E-state index contributed by atoms with van der Waals surface area (Å²) in [6.45, 7) is 7.38. The molecule has 0 fully saturated rings. The van der Waals surface area contributed by atoms with Crippen molar-refractivity contribution in [3.63, 3.8) is 0 Å². The van der Waals surface area contributed by atoms with Crippen molar-refractivity contribution >= 4 is 0 Å². The lowest BCUT2D eigenvalue weighted by atomic mass is 10.1. The monoisotopic (exact) mass is 270 g/mol. The van der Waals surface area contributed by atoms with E-state index < -0.39 is 0 Å². The van der Waals surface area contributed by atoms with Gasteiger partial charge in [-0.2, -0.15) is 0 Å². The first-order valence-corrected chi connectivity index (χ1v) is 7.15. The maximum absolute atomic E-state index is 4.62. The van der Waals surface area contributed by atoms with Crippen LogP contribution in [0.1, 0.15) is 49.0 Å².